The summed E-state index contributed by atoms with van der Waals surface area (Å²) in [5.41, 5.74) is 2.98. The van der Waals surface area contributed by atoms with Crippen LogP contribution >= 0.6 is 0 Å². The Morgan fingerprint density at radius 3 is 2.81 bits per heavy atom. The van der Waals surface area contributed by atoms with Gasteiger partial charge in [0.1, 0.15) is 0 Å². The maximum Gasteiger partial charge on any atom is 0.251 e. The second kappa shape index (κ2) is 8.93. The number of aromatic nitrogens is 2. The summed E-state index contributed by atoms with van der Waals surface area (Å²) in [5, 5.41) is 0. The van der Waals surface area contributed by atoms with Crippen molar-refractivity contribution in [3.8, 4) is 11.1 Å². The van der Waals surface area contributed by atoms with Crippen LogP contribution in [0.2, 0.25) is 0 Å². The number of fused-ring (bicyclic) bond motifs is 4. The van der Waals surface area contributed by atoms with Crippen molar-refractivity contribution < 1.29 is 9.53 Å². The Labute approximate surface area is 182 Å². The Kier molecular flexibility index (Phi) is 5.87. The van der Waals surface area contributed by atoms with Crippen LogP contribution < -0.4 is 5.56 Å². The molecule has 0 spiro atoms. The summed E-state index contributed by atoms with van der Waals surface area (Å²) in [7, 11) is 0. The van der Waals surface area contributed by atoms with Crippen molar-refractivity contribution in [2.45, 2.75) is 31.7 Å². The summed E-state index contributed by atoms with van der Waals surface area (Å²) in [5.74, 6) is 0.832. The second-order valence-electron chi connectivity index (χ2n) is 9.01. The Hall–Kier alpha value is -2.51. The summed E-state index contributed by atoms with van der Waals surface area (Å²) in [6, 6.07) is 7.72. The lowest BCUT2D eigenvalue weighted by Crippen LogP contribution is -2.49. The first-order chi connectivity index (χ1) is 15.2. The van der Waals surface area contributed by atoms with Gasteiger partial charge in [0.25, 0.3) is 5.56 Å². The van der Waals surface area contributed by atoms with Crippen molar-refractivity contribution in [1.29, 1.82) is 0 Å². The fraction of sp³-hybridized carbons (Fsp3) is 0.542. The maximum absolute atomic E-state index is 12.9. The molecule has 5 rings (SSSR count). The predicted molar refractivity (Wildman–Crippen MR) is 118 cm³/mol. The third-order valence-corrected chi connectivity index (χ3v) is 6.87. The molecule has 0 aliphatic carbocycles. The Bertz CT molecular complexity index is 984. The van der Waals surface area contributed by atoms with E-state index in [1.54, 1.807) is 18.5 Å². The predicted octanol–water partition coefficient (Wildman–Crippen LogP) is 1.97. The summed E-state index contributed by atoms with van der Waals surface area (Å²) >= 11 is 0. The van der Waals surface area contributed by atoms with Crippen molar-refractivity contribution in [2.75, 3.05) is 45.9 Å². The van der Waals surface area contributed by atoms with Gasteiger partial charge in [0, 0.05) is 74.8 Å². The highest BCUT2D eigenvalue weighted by molar-refractivity contribution is 5.76. The lowest BCUT2D eigenvalue weighted by molar-refractivity contribution is -0.134. The molecule has 164 valence electrons. The zero-order chi connectivity index (χ0) is 21.2. The number of carbonyl (C=O) groups excluding carboxylic acids is 1. The van der Waals surface area contributed by atoms with Crippen molar-refractivity contribution in [3.63, 3.8) is 0 Å². The van der Waals surface area contributed by atoms with E-state index in [9.17, 15) is 9.59 Å². The Morgan fingerprint density at radius 2 is 2.00 bits per heavy atom. The molecular formula is C24H30N4O3. The summed E-state index contributed by atoms with van der Waals surface area (Å²) in [6.45, 7) is 6.66. The van der Waals surface area contributed by atoms with Crippen LogP contribution in [0.15, 0.2) is 41.5 Å². The highest BCUT2D eigenvalue weighted by Crippen LogP contribution is 2.36. The molecule has 3 aliphatic rings. The van der Waals surface area contributed by atoms with Crippen LogP contribution in [0.25, 0.3) is 11.1 Å². The summed E-state index contributed by atoms with van der Waals surface area (Å²) < 4.78 is 7.32. The van der Waals surface area contributed by atoms with Gasteiger partial charge in [-0.25, -0.2) is 0 Å². The van der Waals surface area contributed by atoms with Gasteiger partial charge in [-0.05, 0) is 43.0 Å². The van der Waals surface area contributed by atoms with Gasteiger partial charge in [0.2, 0.25) is 5.91 Å². The Balaban J connectivity index is 1.27. The third-order valence-electron chi connectivity index (χ3n) is 6.87. The standard InChI is InChI=1S/C24H30N4O3/c29-23(4-2-6-26-7-9-31-10-8-26)27-15-18-11-21(17-27)22-12-20(13-24(30)28(22)16-18)19-3-1-5-25-14-19/h1,3,5,12-14,18,21H,2,4,6-11,15-17H2/t18-,21+/m0/s1. The average Bonchev–Trinajstić information content (AvgIpc) is 2.81. The minimum absolute atomic E-state index is 0.0522. The zero-order valence-corrected chi connectivity index (χ0v) is 17.9. The molecule has 7 nitrogen and oxygen atoms in total. The third kappa shape index (κ3) is 4.43. The molecule has 2 aromatic rings. The second-order valence-corrected chi connectivity index (χ2v) is 9.01. The molecule has 2 aromatic heterocycles. The van der Waals surface area contributed by atoms with Crippen molar-refractivity contribution in [2.24, 2.45) is 5.92 Å². The fourth-order valence-corrected chi connectivity index (χ4v) is 5.30. The molecule has 0 N–H and O–H groups in total. The van der Waals surface area contributed by atoms with E-state index in [4.69, 9.17) is 4.74 Å². The van der Waals surface area contributed by atoms with Crippen LogP contribution in [0.1, 0.15) is 30.9 Å². The van der Waals surface area contributed by atoms with E-state index in [2.05, 4.69) is 16.0 Å². The zero-order valence-electron chi connectivity index (χ0n) is 17.9. The molecule has 0 radical (unpaired) electrons. The molecule has 5 heterocycles. The molecule has 2 bridgehead atoms. The molecule has 0 aromatic carbocycles. The number of rotatable bonds is 5. The van der Waals surface area contributed by atoms with Gasteiger partial charge in [0.05, 0.1) is 13.2 Å². The molecular weight excluding hydrogens is 392 g/mol. The molecule has 31 heavy (non-hydrogen) atoms. The number of amides is 1. The SMILES string of the molecule is O=C(CCCN1CCOCC1)N1C[C@@H]2C[C@H](C1)c1cc(-c3cccnc3)cc(=O)n1C2. The molecule has 2 fully saturated rings. The largest absolute Gasteiger partial charge is 0.379 e. The fourth-order valence-electron chi connectivity index (χ4n) is 5.30. The molecule has 3 aliphatic heterocycles. The summed E-state index contributed by atoms with van der Waals surface area (Å²) in [4.78, 5) is 34.4. The molecule has 2 atom stereocenters. The first-order valence-electron chi connectivity index (χ1n) is 11.4. The van der Waals surface area contributed by atoms with Crippen LogP contribution in [0, 0.1) is 5.92 Å². The number of ether oxygens (including phenoxy) is 1. The minimum Gasteiger partial charge on any atom is -0.379 e. The number of carbonyl (C=O) groups is 1. The number of piperidine rings is 1. The number of likely N-dealkylation sites (tertiary alicyclic amines) is 1. The van der Waals surface area contributed by atoms with Crippen LogP contribution in [-0.2, 0) is 16.1 Å². The van der Waals surface area contributed by atoms with E-state index in [1.165, 1.54) is 0 Å². The van der Waals surface area contributed by atoms with Crippen molar-refractivity contribution in [1.82, 2.24) is 19.4 Å². The van der Waals surface area contributed by atoms with Crippen molar-refractivity contribution in [3.05, 3.63) is 52.7 Å². The smallest absolute Gasteiger partial charge is 0.251 e. The topological polar surface area (TPSA) is 67.7 Å². The van der Waals surface area contributed by atoms with Crippen molar-refractivity contribution >= 4 is 5.91 Å². The van der Waals surface area contributed by atoms with E-state index in [-0.39, 0.29) is 17.4 Å². The molecule has 2 saturated heterocycles. The molecule has 7 heteroatoms. The first-order valence-corrected chi connectivity index (χ1v) is 11.4. The van der Waals surface area contributed by atoms with Crippen LogP contribution in [0.3, 0.4) is 0 Å². The van der Waals surface area contributed by atoms with E-state index in [0.29, 0.717) is 25.4 Å². The number of pyridine rings is 2. The van der Waals surface area contributed by atoms with Gasteiger partial charge in [-0.1, -0.05) is 6.07 Å². The lowest BCUT2D eigenvalue weighted by Gasteiger charge is -2.43. The number of hydrogen-bond acceptors (Lipinski definition) is 5. The van der Waals surface area contributed by atoms with E-state index >= 15 is 0 Å². The van der Waals surface area contributed by atoms with Gasteiger partial charge >= 0.3 is 0 Å². The number of nitrogens with zero attached hydrogens (tertiary/aromatic N) is 4. The summed E-state index contributed by atoms with van der Waals surface area (Å²) in [6.07, 6.45) is 6.07. The monoisotopic (exact) mass is 422 g/mol. The first kappa shape index (κ1) is 20.4. The molecule has 1 amide bonds. The van der Waals surface area contributed by atoms with Crippen LogP contribution in [0.4, 0.5) is 0 Å². The quantitative estimate of drug-likeness (QED) is 0.737. The maximum atomic E-state index is 12.9. The normalized spacial score (nSPS) is 23.4. The van der Waals surface area contributed by atoms with Gasteiger partial charge < -0.3 is 14.2 Å². The average molecular weight is 423 g/mol. The molecule has 0 unspecified atom stereocenters. The number of hydrogen-bond donors (Lipinski definition) is 0. The van der Waals surface area contributed by atoms with Gasteiger partial charge in [-0.15, -0.1) is 0 Å². The van der Waals surface area contributed by atoms with Crippen LogP contribution in [0.5, 0.6) is 0 Å². The van der Waals surface area contributed by atoms with Gasteiger partial charge in [-0.2, -0.15) is 0 Å². The van der Waals surface area contributed by atoms with E-state index in [1.807, 2.05) is 21.6 Å². The lowest BCUT2D eigenvalue weighted by atomic mass is 9.82. The number of morpholine rings is 1. The van der Waals surface area contributed by atoms with Gasteiger partial charge in [-0.3, -0.25) is 19.5 Å². The Morgan fingerprint density at radius 1 is 1.13 bits per heavy atom. The van der Waals surface area contributed by atoms with E-state index < -0.39 is 0 Å². The van der Waals surface area contributed by atoms with Gasteiger partial charge in [0.15, 0.2) is 0 Å². The molecule has 0 saturated carbocycles. The van der Waals surface area contributed by atoms with Crippen LogP contribution in [-0.4, -0.2) is 71.2 Å². The minimum atomic E-state index is 0.0522. The van der Waals surface area contributed by atoms with E-state index in [0.717, 1.165) is 69.1 Å². The highest BCUT2D eigenvalue weighted by Gasteiger charge is 2.36. The highest BCUT2D eigenvalue weighted by atomic mass is 16.5.